The summed E-state index contributed by atoms with van der Waals surface area (Å²) in [6, 6.07) is 6.14. The van der Waals surface area contributed by atoms with Gasteiger partial charge in [0.15, 0.2) is 23.6 Å². The Balaban J connectivity index is 1.11. The Morgan fingerprint density at radius 3 is 2.36 bits per heavy atom. The number of benzene rings is 3. The zero-order valence-electron chi connectivity index (χ0n) is 37.4. The molecule has 3 aromatic carbocycles. The number of nitro benzene ring substituents is 1. The standard InChI is InChI=1S/C46H48N2O22/c1-5-7-25(20-10-11-26(24(12-20)48(62)63)68-44-43(59)42(58)39(55)29(69-44)17-65-19(3)50)70-45(60)47-23-13-31(66-18(2)36(23)52)67-28-15-46(61,30(51)16-49)14-22-33(28)41(57)35-34(38(22)54)37(53)21-8-6-9-27(64-4)32(21)40(35)56/h1,6,8-12,18,23,25,28-29,31,36,39,42-44,49,52,54-55,57-59,61H,7,13-17H2,2-4H3,(H,47,60)/t18?,23?,25?,28-,29?,31?,36?,39-,42-,43?,44+,46-/m0/s1. The molecule has 24 nitrogen and oxygen atoms in total. The second-order valence-corrected chi connectivity index (χ2v) is 17.0. The zero-order valence-corrected chi connectivity index (χ0v) is 37.4. The predicted molar refractivity (Wildman–Crippen MR) is 230 cm³/mol. The summed E-state index contributed by atoms with van der Waals surface area (Å²) in [6.07, 6.45) is -13.6. The van der Waals surface area contributed by atoms with Crippen molar-refractivity contribution in [1.82, 2.24) is 5.32 Å². The van der Waals surface area contributed by atoms with Crippen LogP contribution in [0.25, 0.3) is 0 Å². The van der Waals surface area contributed by atoms with Gasteiger partial charge in [0.2, 0.25) is 12.1 Å². The number of esters is 1. The van der Waals surface area contributed by atoms with Gasteiger partial charge in [0.1, 0.15) is 72.7 Å². The number of hydrogen-bond donors (Lipinski definition) is 9. The molecule has 1 amide bonds. The van der Waals surface area contributed by atoms with E-state index >= 15 is 0 Å². The first-order valence-electron chi connectivity index (χ1n) is 21.6. The zero-order chi connectivity index (χ0) is 51.1. The molecule has 7 unspecified atom stereocenters. The third-order valence-electron chi connectivity index (χ3n) is 12.5. The number of alkyl carbamates (subject to hydrolysis) is 1. The number of nitrogens with one attached hydrogen (secondary N) is 1. The van der Waals surface area contributed by atoms with Crippen LogP contribution in [0.4, 0.5) is 10.5 Å². The summed E-state index contributed by atoms with van der Waals surface area (Å²) in [6.45, 7) is 0.756. The van der Waals surface area contributed by atoms with E-state index in [-0.39, 0.29) is 40.0 Å². The Kier molecular flexibility index (Phi) is 14.8. The molecule has 2 aliphatic carbocycles. The monoisotopic (exact) mass is 980 g/mol. The third kappa shape index (κ3) is 9.58. The van der Waals surface area contributed by atoms with E-state index < -0.39 is 174 Å². The molecule has 24 heteroatoms. The molecule has 0 spiro atoms. The summed E-state index contributed by atoms with van der Waals surface area (Å²) in [5.74, 6) is -3.53. The SMILES string of the molecule is C#CCC(OC(=O)NC1CC(O[C@H]2C[C@](O)(C(=O)CO)Cc3c(O)c4c(c(O)c32)C(=O)c2c(OC)cccc2C4=O)OC(C)C1O)c1ccc(O[C@@H]2OC(COC(C)=O)[C@H](O)[C@H](O)C2O)c([N+](=O)[O-])c1. The number of aliphatic hydroxyl groups is 6. The normalized spacial score (nSPS) is 28.5. The quantitative estimate of drug-likeness (QED) is 0.0268. The molecule has 0 bridgehead atoms. The Labute approximate surface area is 396 Å². The lowest BCUT2D eigenvalue weighted by atomic mass is 9.72. The predicted octanol–water partition coefficient (Wildman–Crippen LogP) is 0.191. The smallest absolute Gasteiger partial charge is 0.408 e. The number of phenols is 2. The van der Waals surface area contributed by atoms with Gasteiger partial charge in [0, 0.05) is 54.5 Å². The van der Waals surface area contributed by atoms with E-state index in [9.17, 15) is 74.9 Å². The number of fused-ring (bicyclic) bond motifs is 3. The van der Waals surface area contributed by atoms with E-state index in [1.807, 2.05) is 0 Å². The van der Waals surface area contributed by atoms with E-state index in [0.717, 1.165) is 19.1 Å². The Morgan fingerprint density at radius 1 is 0.986 bits per heavy atom. The number of Topliss-reactive ketones (excluding diaryl/α,β-unsaturated/α-hetero) is 1. The van der Waals surface area contributed by atoms with Gasteiger partial charge in [-0.05, 0) is 19.1 Å². The summed E-state index contributed by atoms with van der Waals surface area (Å²) in [5.41, 5.74) is -5.48. The number of aliphatic hydroxyl groups excluding tert-OH is 5. The van der Waals surface area contributed by atoms with Gasteiger partial charge in [-0.25, -0.2) is 4.79 Å². The number of nitrogens with zero attached hydrogens (tertiary/aromatic N) is 1. The Hall–Kier alpha value is -6.79. The van der Waals surface area contributed by atoms with Crippen molar-refractivity contribution in [2.45, 2.75) is 113 Å². The molecule has 2 fully saturated rings. The van der Waals surface area contributed by atoms with Gasteiger partial charge in [-0.1, -0.05) is 18.2 Å². The number of terminal acetylenes is 1. The highest BCUT2D eigenvalue weighted by Crippen LogP contribution is 2.52. The lowest BCUT2D eigenvalue weighted by Crippen LogP contribution is -2.60. The van der Waals surface area contributed by atoms with Crippen LogP contribution >= 0.6 is 0 Å². The highest BCUT2D eigenvalue weighted by Gasteiger charge is 2.51. The van der Waals surface area contributed by atoms with Crippen molar-refractivity contribution >= 4 is 35.1 Å². The molecule has 374 valence electrons. The minimum absolute atomic E-state index is 0.00506. The van der Waals surface area contributed by atoms with Gasteiger partial charge in [0.25, 0.3) is 0 Å². The summed E-state index contributed by atoms with van der Waals surface area (Å²) in [4.78, 5) is 77.2. The molecule has 0 saturated carbocycles. The minimum Gasteiger partial charge on any atom is -0.507 e. The average Bonchev–Trinajstić information content (AvgIpc) is 3.32. The van der Waals surface area contributed by atoms with E-state index in [2.05, 4.69) is 11.2 Å². The highest BCUT2D eigenvalue weighted by molar-refractivity contribution is 6.31. The molecule has 9 N–H and O–H groups in total. The maximum absolute atomic E-state index is 14.0. The number of rotatable bonds is 14. The van der Waals surface area contributed by atoms with E-state index in [4.69, 9.17) is 39.6 Å². The van der Waals surface area contributed by atoms with Crippen LogP contribution in [-0.4, -0.2) is 156 Å². The van der Waals surface area contributed by atoms with Crippen molar-refractivity contribution in [1.29, 1.82) is 0 Å². The van der Waals surface area contributed by atoms with Gasteiger partial charge in [-0.3, -0.25) is 29.3 Å². The summed E-state index contributed by atoms with van der Waals surface area (Å²) in [5, 5.41) is 102. The summed E-state index contributed by atoms with van der Waals surface area (Å²) >= 11 is 0. The van der Waals surface area contributed by atoms with Gasteiger partial charge in [-0.15, -0.1) is 12.3 Å². The minimum atomic E-state index is -2.47. The number of amides is 1. The number of ether oxygens (including phenoxy) is 7. The fraction of sp³-hybridized carbons (Fsp3) is 0.457. The number of carbonyl (C=O) groups excluding carboxylic acids is 5. The number of hydrogen-bond acceptors (Lipinski definition) is 22. The highest BCUT2D eigenvalue weighted by atomic mass is 16.7. The number of carbonyl (C=O) groups is 5. The van der Waals surface area contributed by atoms with Crippen molar-refractivity contribution in [3.8, 4) is 35.3 Å². The molecule has 2 aliphatic heterocycles. The van der Waals surface area contributed by atoms with Gasteiger partial charge in [-0.2, -0.15) is 0 Å². The van der Waals surface area contributed by atoms with E-state index in [1.165, 1.54) is 38.3 Å². The van der Waals surface area contributed by atoms with Crippen molar-refractivity contribution in [2.24, 2.45) is 0 Å². The molecule has 4 aliphatic rings. The first kappa shape index (κ1) is 51.1. The first-order valence-corrected chi connectivity index (χ1v) is 21.6. The van der Waals surface area contributed by atoms with Crippen LogP contribution in [0.5, 0.6) is 23.0 Å². The molecule has 7 rings (SSSR count). The molecule has 0 aromatic heterocycles. The van der Waals surface area contributed by atoms with Crippen molar-refractivity contribution in [3.63, 3.8) is 0 Å². The number of aromatic hydroxyl groups is 2. The fourth-order valence-corrected chi connectivity index (χ4v) is 8.96. The molecule has 2 saturated heterocycles. The fourth-order valence-electron chi connectivity index (χ4n) is 8.96. The van der Waals surface area contributed by atoms with Crippen LogP contribution in [0, 0.1) is 22.5 Å². The first-order chi connectivity index (χ1) is 33.1. The second kappa shape index (κ2) is 20.3. The van der Waals surface area contributed by atoms with Crippen LogP contribution in [-0.2, 0) is 39.7 Å². The lowest BCUT2D eigenvalue weighted by Gasteiger charge is -2.42. The lowest BCUT2D eigenvalue weighted by molar-refractivity contribution is -0.387. The molecule has 0 radical (unpaired) electrons. The van der Waals surface area contributed by atoms with Gasteiger partial charge >= 0.3 is 17.7 Å². The largest absolute Gasteiger partial charge is 0.507 e. The molecule has 2 heterocycles. The number of phenolic OH excluding ortho intramolecular Hbond substituents is 2. The Bertz CT molecular complexity index is 2650. The van der Waals surface area contributed by atoms with E-state index in [1.54, 1.807) is 0 Å². The van der Waals surface area contributed by atoms with Crippen LogP contribution in [0.3, 0.4) is 0 Å². The van der Waals surface area contributed by atoms with Gasteiger partial charge < -0.3 is 79.3 Å². The maximum Gasteiger partial charge on any atom is 0.408 e. The number of methoxy groups -OCH3 is 1. The number of nitro groups is 1. The maximum atomic E-state index is 14.0. The molecule has 12 atom stereocenters. The Morgan fingerprint density at radius 2 is 1.70 bits per heavy atom. The second-order valence-electron chi connectivity index (χ2n) is 17.0. The van der Waals surface area contributed by atoms with Crippen LogP contribution < -0.4 is 14.8 Å². The molecular formula is C46H48N2O22. The average molecular weight is 981 g/mol. The van der Waals surface area contributed by atoms with Crippen LogP contribution in [0.2, 0.25) is 0 Å². The molecule has 70 heavy (non-hydrogen) atoms. The van der Waals surface area contributed by atoms with Crippen molar-refractivity contribution < 1.29 is 103 Å². The van der Waals surface area contributed by atoms with E-state index in [0.29, 0.717) is 0 Å². The van der Waals surface area contributed by atoms with Crippen LogP contribution in [0.15, 0.2) is 36.4 Å². The topological polar surface area (TPSA) is 367 Å². The van der Waals surface area contributed by atoms with Gasteiger partial charge in [0.05, 0.1) is 53.4 Å². The van der Waals surface area contributed by atoms with Crippen LogP contribution in [0.1, 0.15) is 93.9 Å². The molecule has 3 aromatic rings. The summed E-state index contributed by atoms with van der Waals surface area (Å²) < 4.78 is 38.9. The number of ketones is 3. The third-order valence-corrected chi connectivity index (χ3v) is 12.5. The summed E-state index contributed by atoms with van der Waals surface area (Å²) in [7, 11) is 1.26. The van der Waals surface area contributed by atoms with Crippen molar-refractivity contribution in [3.05, 3.63) is 85.5 Å². The molecular weight excluding hydrogens is 932 g/mol. The van der Waals surface area contributed by atoms with Crippen molar-refractivity contribution in [2.75, 3.05) is 20.3 Å².